The molecule has 2 aliphatic rings. The van der Waals surface area contributed by atoms with Gasteiger partial charge in [0.2, 0.25) is 12.1 Å². The summed E-state index contributed by atoms with van der Waals surface area (Å²) in [6.07, 6.45) is 5.10. The zero-order chi connectivity index (χ0) is 12.4. The van der Waals surface area contributed by atoms with Gasteiger partial charge >= 0.3 is 0 Å². The summed E-state index contributed by atoms with van der Waals surface area (Å²) < 4.78 is 16.3. The first-order valence-electron chi connectivity index (χ1n) is 6.72. The minimum absolute atomic E-state index is 0.138. The van der Waals surface area contributed by atoms with Crippen LogP contribution in [0.2, 0.25) is 0 Å². The molecule has 0 spiro atoms. The highest BCUT2D eigenvalue weighted by Crippen LogP contribution is 2.30. The molecule has 0 bridgehead atoms. The number of carbonyl (C=O) groups excluding carboxylic acids is 1. The summed E-state index contributed by atoms with van der Waals surface area (Å²) in [5, 5.41) is 0. The van der Waals surface area contributed by atoms with Crippen LogP contribution in [0.1, 0.15) is 54.7 Å². The van der Waals surface area contributed by atoms with Gasteiger partial charge in [-0.15, -0.1) is 0 Å². The molecule has 4 heteroatoms. The molecule has 2 heterocycles. The molecule has 1 saturated heterocycles. The smallest absolute Gasteiger partial charge is 0.217 e. The highest BCUT2D eigenvalue weighted by Gasteiger charge is 2.27. The van der Waals surface area contributed by atoms with Gasteiger partial charge in [0.1, 0.15) is 0 Å². The van der Waals surface area contributed by atoms with Crippen molar-refractivity contribution in [2.75, 3.05) is 13.2 Å². The Hall–Kier alpha value is -1.13. The highest BCUT2D eigenvalue weighted by atomic mass is 16.7. The van der Waals surface area contributed by atoms with Crippen LogP contribution in [-0.2, 0) is 9.47 Å². The van der Waals surface area contributed by atoms with E-state index in [0.717, 1.165) is 25.7 Å². The number of hydrogen-bond donors (Lipinski definition) is 0. The van der Waals surface area contributed by atoms with Gasteiger partial charge in [0.05, 0.1) is 13.2 Å². The summed E-state index contributed by atoms with van der Waals surface area (Å²) in [7, 11) is 0. The van der Waals surface area contributed by atoms with Gasteiger partial charge in [-0.3, -0.25) is 4.79 Å². The third kappa shape index (κ3) is 2.35. The van der Waals surface area contributed by atoms with Gasteiger partial charge in [-0.1, -0.05) is 19.3 Å². The van der Waals surface area contributed by atoms with E-state index in [2.05, 4.69) is 0 Å². The van der Waals surface area contributed by atoms with Gasteiger partial charge in [0.25, 0.3) is 0 Å². The molecule has 18 heavy (non-hydrogen) atoms. The first-order chi connectivity index (χ1) is 8.84. The molecule has 0 unspecified atom stereocenters. The number of rotatable bonds is 3. The molecule has 0 N–H and O–H groups in total. The monoisotopic (exact) mass is 250 g/mol. The van der Waals surface area contributed by atoms with Crippen molar-refractivity contribution in [2.45, 2.75) is 38.4 Å². The van der Waals surface area contributed by atoms with E-state index in [1.807, 2.05) is 0 Å². The van der Waals surface area contributed by atoms with Crippen molar-refractivity contribution < 1.29 is 18.7 Å². The lowest BCUT2D eigenvalue weighted by Gasteiger charge is -2.18. The Morgan fingerprint density at radius 3 is 2.50 bits per heavy atom. The van der Waals surface area contributed by atoms with Crippen molar-refractivity contribution >= 4 is 5.78 Å². The van der Waals surface area contributed by atoms with Crippen LogP contribution in [0, 0.1) is 5.92 Å². The Morgan fingerprint density at radius 2 is 1.78 bits per heavy atom. The topological polar surface area (TPSA) is 48.7 Å². The predicted molar refractivity (Wildman–Crippen MR) is 64.3 cm³/mol. The zero-order valence-corrected chi connectivity index (χ0v) is 10.4. The largest absolute Gasteiger partial charge is 0.453 e. The Kier molecular flexibility index (Phi) is 3.48. The summed E-state index contributed by atoms with van der Waals surface area (Å²) >= 11 is 0. The molecule has 0 radical (unpaired) electrons. The molecule has 1 aliphatic carbocycles. The fourth-order valence-electron chi connectivity index (χ4n) is 2.70. The lowest BCUT2D eigenvalue weighted by atomic mass is 9.85. The van der Waals surface area contributed by atoms with Gasteiger partial charge < -0.3 is 13.9 Å². The van der Waals surface area contributed by atoms with Crippen molar-refractivity contribution in [1.82, 2.24) is 0 Å². The van der Waals surface area contributed by atoms with E-state index in [-0.39, 0.29) is 11.7 Å². The Labute approximate surface area is 106 Å². The highest BCUT2D eigenvalue weighted by molar-refractivity contribution is 5.95. The van der Waals surface area contributed by atoms with Crippen molar-refractivity contribution in [3.8, 4) is 0 Å². The van der Waals surface area contributed by atoms with Crippen LogP contribution in [0.15, 0.2) is 16.5 Å². The van der Waals surface area contributed by atoms with Crippen LogP contribution in [0.4, 0.5) is 0 Å². The fourth-order valence-corrected chi connectivity index (χ4v) is 2.70. The Balaban J connectivity index is 1.69. The molecule has 2 fully saturated rings. The van der Waals surface area contributed by atoms with Crippen LogP contribution >= 0.6 is 0 Å². The van der Waals surface area contributed by atoms with E-state index >= 15 is 0 Å². The molecule has 1 aromatic heterocycles. The van der Waals surface area contributed by atoms with Gasteiger partial charge in [-0.2, -0.15) is 0 Å². The minimum Gasteiger partial charge on any atom is -0.453 e. The second-order valence-electron chi connectivity index (χ2n) is 4.97. The van der Waals surface area contributed by atoms with Crippen molar-refractivity contribution in [3.05, 3.63) is 23.7 Å². The second-order valence-corrected chi connectivity index (χ2v) is 4.97. The van der Waals surface area contributed by atoms with E-state index in [9.17, 15) is 4.79 Å². The van der Waals surface area contributed by atoms with Crippen LogP contribution in [-0.4, -0.2) is 19.0 Å². The Morgan fingerprint density at radius 1 is 1.06 bits per heavy atom. The lowest BCUT2D eigenvalue weighted by Crippen LogP contribution is -2.17. The molecule has 98 valence electrons. The number of Topliss-reactive ketones (excluding diaryl/α,β-unsaturated/α-hetero) is 1. The molecule has 1 saturated carbocycles. The number of ether oxygens (including phenoxy) is 2. The number of ketones is 1. The predicted octanol–water partition coefficient (Wildman–Crippen LogP) is 3.09. The van der Waals surface area contributed by atoms with Crippen molar-refractivity contribution in [3.63, 3.8) is 0 Å². The van der Waals surface area contributed by atoms with Gasteiger partial charge in [0, 0.05) is 5.92 Å². The van der Waals surface area contributed by atoms with Gasteiger partial charge in [0.15, 0.2) is 11.5 Å². The molecule has 4 nitrogen and oxygen atoms in total. The lowest BCUT2D eigenvalue weighted by molar-refractivity contribution is -0.0592. The number of furan rings is 1. The maximum absolute atomic E-state index is 12.3. The third-order valence-corrected chi connectivity index (χ3v) is 3.70. The fraction of sp³-hybridized carbons (Fsp3) is 0.643. The average Bonchev–Trinajstić information content (AvgIpc) is 3.09. The van der Waals surface area contributed by atoms with E-state index in [0.29, 0.717) is 24.7 Å². The van der Waals surface area contributed by atoms with Gasteiger partial charge in [-0.25, -0.2) is 0 Å². The van der Waals surface area contributed by atoms with Crippen LogP contribution in [0.5, 0.6) is 0 Å². The first-order valence-corrected chi connectivity index (χ1v) is 6.72. The van der Waals surface area contributed by atoms with Crippen LogP contribution in [0.25, 0.3) is 0 Å². The summed E-state index contributed by atoms with van der Waals surface area (Å²) in [5.41, 5.74) is 0. The SMILES string of the molecule is O=C(c1ccc(C2OCCO2)o1)C1CCCCC1. The van der Waals surface area contributed by atoms with Crippen LogP contribution in [0.3, 0.4) is 0 Å². The molecular weight excluding hydrogens is 232 g/mol. The van der Waals surface area contributed by atoms with Crippen molar-refractivity contribution in [2.24, 2.45) is 5.92 Å². The molecular formula is C14H18O4. The molecule has 1 aromatic rings. The second kappa shape index (κ2) is 5.24. The maximum Gasteiger partial charge on any atom is 0.217 e. The summed E-state index contributed by atoms with van der Waals surface area (Å²) in [6.45, 7) is 1.16. The first kappa shape index (κ1) is 11.9. The zero-order valence-electron chi connectivity index (χ0n) is 10.4. The standard InChI is InChI=1S/C14H18O4/c15-13(10-4-2-1-3-5-10)11-6-7-12(18-11)14-16-8-9-17-14/h6-7,10,14H,1-5,8-9H2. The molecule has 0 amide bonds. The van der Waals surface area contributed by atoms with Crippen LogP contribution < -0.4 is 0 Å². The van der Waals surface area contributed by atoms with E-state index in [4.69, 9.17) is 13.9 Å². The third-order valence-electron chi connectivity index (χ3n) is 3.70. The summed E-state index contributed by atoms with van der Waals surface area (Å²) in [6, 6.07) is 3.53. The van der Waals surface area contributed by atoms with Gasteiger partial charge in [-0.05, 0) is 25.0 Å². The molecule has 3 rings (SSSR count). The molecule has 1 aliphatic heterocycles. The summed E-state index contributed by atoms with van der Waals surface area (Å²) in [5.74, 6) is 1.34. The quantitative estimate of drug-likeness (QED) is 0.773. The maximum atomic E-state index is 12.3. The Bertz CT molecular complexity index is 411. The number of hydrogen-bond acceptors (Lipinski definition) is 4. The van der Waals surface area contributed by atoms with E-state index in [1.165, 1.54) is 6.42 Å². The normalized spacial score (nSPS) is 22.4. The average molecular weight is 250 g/mol. The number of carbonyl (C=O) groups is 1. The van der Waals surface area contributed by atoms with E-state index < -0.39 is 6.29 Å². The van der Waals surface area contributed by atoms with Crippen molar-refractivity contribution in [1.29, 1.82) is 0 Å². The molecule has 0 atom stereocenters. The molecule has 0 aromatic carbocycles. The minimum atomic E-state index is -0.432. The van der Waals surface area contributed by atoms with E-state index in [1.54, 1.807) is 12.1 Å². The summed E-state index contributed by atoms with van der Waals surface area (Å²) in [4.78, 5) is 12.3.